The van der Waals surface area contributed by atoms with Crippen molar-refractivity contribution < 1.29 is 29.1 Å². The summed E-state index contributed by atoms with van der Waals surface area (Å²) in [7, 11) is 0. The molecule has 4 atom stereocenters. The van der Waals surface area contributed by atoms with Gasteiger partial charge in [0, 0.05) is 12.1 Å². The minimum atomic E-state index is -1.21. The Balaban J connectivity index is 2.17. The topological polar surface area (TPSA) is 133 Å². The molecule has 168 valence electrons. The molecule has 0 saturated carbocycles. The molecule has 1 aliphatic heterocycles. The van der Waals surface area contributed by atoms with Crippen LogP contribution < -0.4 is 10.6 Å². The zero-order valence-electron chi connectivity index (χ0n) is 17.9. The standard InChI is InChI=1S/C22H29N3O6/c1-13(2)18(24-20(29)15-7-5-4-6-8-15)22(31)25-10-9-14(3)19(25)21(30)23-16(12-26)11-17(27)28/h4-8,12-14,16,18-19H,9-11H2,1-3H3,(H,23,30)(H,24,29)(H,27,28)/t14-,16?,18?,19?/m0/s1. The highest BCUT2D eigenvalue weighted by molar-refractivity contribution is 5.98. The number of rotatable bonds is 9. The minimum absolute atomic E-state index is 0.182. The van der Waals surface area contributed by atoms with Crippen LogP contribution in [-0.4, -0.2) is 64.7 Å². The number of likely N-dealkylation sites (tertiary alicyclic amines) is 1. The van der Waals surface area contributed by atoms with Gasteiger partial charge in [0.2, 0.25) is 11.8 Å². The number of carboxylic acid groups (broad SMARTS) is 1. The van der Waals surface area contributed by atoms with Gasteiger partial charge in [0.15, 0.2) is 0 Å². The lowest BCUT2D eigenvalue weighted by molar-refractivity contribution is -0.143. The Morgan fingerprint density at radius 2 is 1.81 bits per heavy atom. The Morgan fingerprint density at radius 1 is 1.16 bits per heavy atom. The molecule has 9 nitrogen and oxygen atoms in total. The lowest BCUT2D eigenvalue weighted by atomic mass is 9.99. The van der Waals surface area contributed by atoms with E-state index in [0.717, 1.165) is 0 Å². The van der Waals surface area contributed by atoms with Crippen LogP contribution in [0.15, 0.2) is 30.3 Å². The summed E-state index contributed by atoms with van der Waals surface area (Å²) in [6.45, 7) is 5.75. The maximum atomic E-state index is 13.3. The van der Waals surface area contributed by atoms with E-state index in [1.54, 1.807) is 44.2 Å². The Hall–Kier alpha value is -3.23. The average molecular weight is 431 g/mol. The maximum absolute atomic E-state index is 13.3. The molecule has 1 aromatic rings. The van der Waals surface area contributed by atoms with Crippen LogP contribution in [-0.2, 0) is 19.2 Å². The van der Waals surface area contributed by atoms with Gasteiger partial charge < -0.3 is 25.4 Å². The molecule has 1 fully saturated rings. The van der Waals surface area contributed by atoms with Gasteiger partial charge in [0.1, 0.15) is 18.4 Å². The fraction of sp³-hybridized carbons (Fsp3) is 0.500. The van der Waals surface area contributed by atoms with E-state index in [1.807, 2.05) is 6.92 Å². The molecular weight excluding hydrogens is 402 g/mol. The van der Waals surface area contributed by atoms with Crippen molar-refractivity contribution in [2.45, 2.75) is 51.7 Å². The molecule has 0 aromatic heterocycles. The van der Waals surface area contributed by atoms with E-state index in [4.69, 9.17) is 5.11 Å². The van der Waals surface area contributed by atoms with Crippen LogP contribution in [0.25, 0.3) is 0 Å². The second kappa shape index (κ2) is 10.7. The third kappa shape index (κ3) is 6.13. The molecule has 3 amide bonds. The zero-order chi connectivity index (χ0) is 23.1. The van der Waals surface area contributed by atoms with Crippen LogP contribution in [0.3, 0.4) is 0 Å². The Morgan fingerprint density at radius 3 is 2.35 bits per heavy atom. The highest BCUT2D eigenvalue weighted by atomic mass is 16.4. The van der Waals surface area contributed by atoms with Crippen molar-refractivity contribution in [2.75, 3.05) is 6.54 Å². The van der Waals surface area contributed by atoms with Gasteiger partial charge >= 0.3 is 5.97 Å². The van der Waals surface area contributed by atoms with Gasteiger partial charge in [0.05, 0.1) is 12.5 Å². The quantitative estimate of drug-likeness (QED) is 0.496. The summed E-state index contributed by atoms with van der Waals surface area (Å²) in [4.78, 5) is 62.1. The monoisotopic (exact) mass is 431 g/mol. The fourth-order valence-corrected chi connectivity index (χ4v) is 3.69. The van der Waals surface area contributed by atoms with E-state index in [0.29, 0.717) is 24.8 Å². The first-order valence-corrected chi connectivity index (χ1v) is 10.3. The molecule has 1 heterocycles. The number of amides is 3. The van der Waals surface area contributed by atoms with E-state index in [2.05, 4.69) is 10.6 Å². The molecule has 1 aromatic carbocycles. The van der Waals surface area contributed by atoms with Crippen molar-refractivity contribution in [2.24, 2.45) is 11.8 Å². The first-order chi connectivity index (χ1) is 14.6. The molecule has 0 aliphatic carbocycles. The van der Waals surface area contributed by atoms with Gasteiger partial charge in [-0.1, -0.05) is 39.0 Å². The van der Waals surface area contributed by atoms with Crippen molar-refractivity contribution in [1.29, 1.82) is 0 Å². The van der Waals surface area contributed by atoms with E-state index in [-0.39, 0.29) is 23.7 Å². The predicted molar refractivity (Wildman–Crippen MR) is 112 cm³/mol. The predicted octanol–water partition coefficient (Wildman–Crippen LogP) is 0.836. The van der Waals surface area contributed by atoms with E-state index < -0.39 is 36.4 Å². The minimum Gasteiger partial charge on any atom is -0.481 e. The summed E-state index contributed by atoms with van der Waals surface area (Å²) in [6.07, 6.45) is 0.410. The molecule has 0 bridgehead atoms. The van der Waals surface area contributed by atoms with Crippen molar-refractivity contribution in [3.63, 3.8) is 0 Å². The number of aldehydes is 1. The smallest absolute Gasteiger partial charge is 0.305 e. The van der Waals surface area contributed by atoms with Crippen molar-refractivity contribution in [3.05, 3.63) is 35.9 Å². The highest BCUT2D eigenvalue weighted by Gasteiger charge is 2.43. The summed E-state index contributed by atoms with van der Waals surface area (Å²) in [5, 5.41) is 14.1. The molecule has 1 aliphatic rings. The Bertz CT molecular complexity index is 826. The zero-order valence-corrected chi connectivity index (χ0v) is 17.9. The number of nitrogens with one attached hydrogen (secondary N) is 2. The number of nitrogens with zero attached hydrogens (tertiary/aromatic N) is 1. The molecule has 0 radical (unpaired) electrons. The van der Waals surface area contributed by atoms with Crippen LogP contribution in [0.1, 0.15) is 44.0 Å². The Labute approximate surface area is 181 Å². The van der Waals surface area contributed by atoms with Crippen LogP contribution in [0, 0.1) is 11.8 Å². The normalized spacial score (nSPS) is 20.1. The van der Waals surface area contributed by atoms with Gasteiger partial charge in [-0.2, -0.15) is 0 Å². The van der Waals surface area contributed by atoms with Gasteiger partial charge in [-0.15, -0.1) is 0 Å². The number of carbonyl (C=O) groups excluding carboxylic acids is 4. The molecule has 9 heteroatoms. The van der Waals surface area contributed by atoms with Crippen LogP contribution >= 0.6 is 0 Å². The first-order valence-electron chi connectivity index (χ1n) is 10.3. The lowest BCUT2D eigenvalue weighted by Crippen LogP contribution is -2.57. The molecule has 1 saturated heterocycles. The number of hydrogen-bond acceptors (Lipinski definition) is 5. The second-order valence-corrected chi connectivity index (χ2v) is 8.15. The fourth-order valence-electron chi connectivity index (χ4n) is 3.69. The largest absolute Gasteiger partial charge is 0.481 e. The van der Waals surface area contributed by atoms with Crippen molar-refractivity contribution >= 4 is 30.0 Å². The number of hydrogen-bond donors (Lipinski definition) is 3. The van der Waals surface area contributed by atoms with Crippen LogP contribution in [0.4, 0.5) is 0 Å². The highest BCUT2D eigenvalue weighted by Crippen LogP contribution is 2.26. The molecule has 31 heavy (non-hydrogen) atoms. The second-order valence-electron chi connectivity index (χ2n) is 8.15. The summed E-state index contributed by atoms with van der Waals surface area (Å²) in [5.41, 5.74) is 0.424. The Kier molecular flexibility index (Phi) is 8.30. The number of carboxylic acids is 1. The van der Waals surface area contributed by atoms with Gasteiger partial charge in [-0.05, 0) is 30.4 Å². The van der Waals surface area contributed by atoms with Crippen LogP contribution in [0.5, 0.6) is 0 Å². The van der Waals surface area contributed by atoms with Crippen LogP contribution in [0.2, 0.25) is 0 Å². The number of aliphatic carboxylic acids is 1. The third-order valence-electron chi connectivity index (χ3n) is 5.39. The van der Waals surface area contributed by atoms with Crippen molar-refractivity contribution in [3.8, 4) is 0 Å². The van der Waals surface area contributed by atoms with Gasteiger partial charge in [-0.25, -0.2) is 0 Å². The third-order valence-corrected chi connectivity index (χ3v) is 5.39. The van der Waals surface area contributed by atoms with E-state index in [1.165, 1.54) is 4.90 Å². The summed E-state index contributed by atoms with van der Waals surface area (Å²) in [6, 6.07) is 5.67. The molecule has 3 N–H and O–H groups in total. The SMILES string of the molecule is CC(C)C(NC(=O)c1ccccc1)C(=O)N1CC[C@H](C)C1C(=O)NC(C=O)CC(=O)O. The molecule has 0 spiro atoms. The van der Waals surface area contributed by atoms with E-state index >= 15 is 0 Å². The number of benzene rings is 1. The summed E-state index contributed by atoms with van der Waals surface area (Å²) in [5.74, 6) is -2.97. The molecule has 2 rings (SSSR count). The first kappa shape index (κ1) is 24.0. The number of carbonyl (C=O) groups is 5. The van der Waals surface area contributed by atoms with Crippen molar-refractivity contribution in [1.82, 2.24) is 15.5 Å². The van der Waals surface area contributed by atoms with Gasteiger partial charge in [0.25, 0.3) is 5.91 Å². The summed E-state index contributed by atoms with van der Waals surface area (Å²) >= 11 is 0. The van der Waals surface area contributed by atoms with E-state index in [9.17, 15) is 24.0 Å². The lowest BCUT2D eigenvalue weighted by Gasteiger charge is -2.32. The summed E-state index contributed by atoms with van der Waals surface area (Å²) < 4.78 is 0. The average Bonchev–Trinajstić information content (AvgIpc) is 3.12. The molecular formula is C22H29N3O6. The maximum Gasteiger partial charge on any atom is 0.305 e. The molecule has 3 unspecified atom stereocenters. The van der Waals surface area contributed by atoms with Gasteiger partial charge in [-0.3, -0.25) is 19.2 Å².